The summed E-state index contributed by atoms with van der Waals surface area (Å²) in [5, 5.41) is 43.4. The topological polar surface area (TPSA) is 163 Å². The van der Waals surface area contributed by atoms with Crippen LogP contribution >= 0.6 is 0 Å². The fourth-order valence-corrected chi connectivity index (χ4v) is 5.70. The van der Waals surface area contributed by atoms with Crippen molar-refractivity contribution in [1.82, 2.24) is 9.97 Å². The molecular weight excluding hydrogens is 578 g/mol. The maximum atomic E-state index is 14.3. The summed E-state index contributed by atoms with van der Waals surface area (Å²) in [6.45, 7) is 3.09. The minimum Gasteiger partial charge on any atom is -0.446 e. The number of hydrogen-bond acceptors (Lipinski definition) is 10. The number of aliphatic hydroxyl groups excluding tert-OH is 4. The van der Waals surface area contributed by atoms with Gasteiger partial charge in [-0.3, -0.25) is 4.79 Å². The lowest BCUT2D eigenvalue weighted by atomic mass is 9.80. The first kappa shape index (κ1) is 32.2. The molecule has 5 rings (SSSR count). The molecule has 1 fully saturated rings. The molecule has 1 unspecified atom stereocenters. The third-order valence-electron chi connectivity index (χ3n) is 7.92. The van der Waals surface area contributed by atoms with Crippen LogP contribution in [0.25, 0.3) is 0 Å². The Bertz CT molecular complexity index is 1510. The van der Waals surface area contributed by atoms with E-state index < -0.39 is 54.7 Å². The Morgan fingerprint density at radius 2 is 1.42 bits per heavy atom. The SMILES string of the molecule is COC(c1ccccc1)(c1ccccc1)[C@@H](Oc1nc(C)cc(C)n1)C(=O)Nc1ccc([C@@H]2O[C@H](CO)[C@@H](O)[C@H](O)C2O)cc1. The quantitative estimate of drug-likeness (QED) is 0.179. The molecule has 1 amide bonds. The molecule has 5 N–H and O–H groups in total. The van der Waals surface area contributed by atoms with Crippen LogP contribution in [-0.4, -0.2) is 80.5 Å². The second-order valence-corrected chi connectivity index (χ2v) is 11.0. The molecule has 0 radical (unpaired) electrons. The van der Waals surface area contributed by atoms with E-state index >= 15 is 0 Å². The monoisotopic (exact) mass is 615 g/mol. The number of aliphatic hydroxyl groups is 4. The van der Waals surface area contributed by atoms with Crippen LogP contribution in [0.15, 0.2) is 91.0 Å². The van der Waals surface area contributed by atoms with Crippen molar-refractivity contribution in [3.63, 3.8) is 0 Å². The summed E-state index contributed by atoms with van der Waals surface area (Å²) in [7, 11) is 1.52. The van der Waals surface area contributed by atoms with Crippen molar-refractivity contribution in [2.24, 2.45) is 0 Å². The van der Waals surface area contributed by atoms with Crippen molar-refractivity contribution < 1.29 is 39.4 Å². The molecule has 0 aliphatic carbocycles. The number of nitrogens with zero attached hydrogens (tertiary/aromatic N) is 2. The number of aryl methyl sites for hydroxylation is 2. The number of ether oxygens (including phenoxy) is 3. The molecule has 1 saturated heterocycles. The summed E-state index contributed by atoms with van der Waals surface area (Å²) in [4.78, 5) is 23.2. The first-order valence-electron chi connectivity index (χ1n) is 14.5. The molecule has 11 nitrogen and oxygen atoms in total. The molecule has 1 aromatic heterocycles. The van der Waals surface area contributed by atoms with Crippen molar-refractivity contribution in [2.45, 2.75) is 56.1 Å². The third kappa shape index (κ3) is 6.59. The highest BCUT2D eigenvalue weighted by molar-refractivity contribution is 5.96. The number of hydrogen-bond donors (Lipinski definition) is 5. The zero-order valence-electron chi connectivity index (χ0n) is 25.1. The molecule has 1 aliphatic rings. The number of carbonyl (C=O) groups is 1. The van der Waals surface area contributed by atoms with Gasteiger partial charge in [0.25, 0.3) is 5.91 Å². The van der Waals surface area contributed by atoms with Crippen LogP contribution in [0.4, 0.5) is 5.69 Å². The smallest absolute Gasteiger partial charge is 0.317 e. The summed E-state index contributed by atoms with van der Waals surface area (Å²) in [6, 6.07) is 26.9. The number of anilines is 1. The van der Waals surface area contributed by atoms with Gasteiger partial charge in [0.2, 0.25) is 6.10 Å². The molecule has 3 aromatic carbocycles. The summed E-state index contributed by atoms with van der Waals surface area (Å²) < 4.78 is 18.3. The van der Waals surface area contributed by atoms with Crippen molar-refractivity contribution in [2.75, 3.05) is 19.0 Å². The Hall–Kier alpha value is -4.23. The number of benzene rings is 3. The van der Waals surface area contributed by atoms with Gasteiger partial charge in [0.1, 0.15) is 30.5 Å². The molecular formula is C34H37N3O8. The van der Waals surface area contributed by atoms with Crippen LogP contribution in [0, 0.1) is 13.8 Å². The van der Waals surface area contributed by atoms with Gasteiger partial charge in [0, 0.05) is 24.2 Å². The summed E-state index contributed by atoms with van der Waals surface area (Å²) >= 11 is 0. The van der Waals surface area contributed by atoms with E-state index in [0.29, 0.717) is 33.8 Å². The second kappa shape index (κ2) is 13.8. The van der Waals surface area contributed by atoms with Crippen LogP contribution in [0.1, 0.15) is 34.2 Å². The normalized spacial score (nSPS) is 22.4. The lowest BCUT2D eigenvalue weighted by molar-refractivity contribution is -0.231. The average molecular weight is 616 g/mol. The number of nitrogens with one attached hydrogen (secondary N) is 1. The number of amides is 1. The largest absolute Gasteiger partial charge is 0.446 e. The molecule has 0 saturated carbocycles. The molecule has 0 bridgehead atoms. The lowest BCUT2D eigenvalue weighted by Crippen LogP contribution is -2.55. The molecule has 2 heterocycles. The van der Waals surface area contributed by atoms with Crippen LogP contribution in [-0.2, 0) is 19.9 Å². The highest BCUT2D eigenvalue weighted by Crippen LogP contribution is 2.39. The van der Waals surface area contributed by atoms with Gasteiger partial charge in [-0.2, -0.15) is 0 Å². The minimum atomic E-state index is -1.51. The molecule has 6 atom stereocenters. The molecule has 4 aromatic rings. The van der Waals surface area contributed by atoms with E-state index in [4.69, 9.17) is 14.2 Å². The Labute approximate surface area is 261 Å². The Balaban J connectivity index is 1.52. The second-order valence-electron chi connectivity index (χ2n) is 11.0. The van der Waals surface area contributed by atoms with Gasteiger partial charge >= 0.3 is 6.01 Å². The molecule has 11 heteroatoms. The number of carbonyl (C=O) groups excluding carboxylic acids is 1. The van der Waals surface area contributed by atoms with Crippen LogP contribution < -0.4 is 10.1 Å². The Kier molecular flexibility index (Phi) is 9.88. The fraction of sp³-hybridized carbons (Fsp3) is 0.324. The predicted molar refractivity (Wildman–Crippen MR) is 164 cm³/mol. The molecule has 1 aliphatic heterocycles. The average Bonchev–Trinajstić information content (AvgIpc) is 3.05. The van der Waals surface area contributed by atoms with Crippen molar-refractivity contribution >= 4 is 11.6 Å². The maximum absolute atomic E-state index is 14.3. The van der Waals surface area contributed by atoms with Crippen LogP contribution in [0.5, 0.6) is 6.01 Å². The van der Waals surface area contributed by atoms with E-state index in [9.17, 15) is 25.2 Å². The zero-order valence-corrected chi connectivity index (χ0v) is 25.1. The Morgan fingerprint density at radius 1 is 0.867 bits per heavy atom. The van der Waals surface area contributed by atoms with Gasteiger partial charge in [-0.15, -0.1) is 0 Å². The highest BCUT2D eigenvalue weighted by atomic mass is 16.6. The van der Waals surface area contributed by atoms with E-state index in [1.54, 1.807) is 30.3 Å². The summed E-state index contributed by atoms with van der Waals surface area (Å²) in [5.41, 5.74) is 2.12. The van der Waals surface area contributed by atoms with E-state index in [-0.39, 0.29) is 6.01 Å². The number of rotatable bonds is 10. The summed E-state index contributed by atoms with van der Waals surface area (Å²) in [6.07, 6.45) is -7.79. The first-order valence-corrected chi connectivity index (χ1v) is 14.5. The van der Waals surface area contributed by atoms with Crippen LogP contribution in [0.2, 0.25) is 0 Å². The molecule has 45 heavy (non-hydrogen) atoms. The number of aromatic nitrogens is 2. The van der Waals surface area contributed by atoms with E-state index in [0.717, 1.165) is 0 Å². The zero-order chi connectivity index (χ0) is 32.1. The number of methoxy groups -OCH3 is 1. The lowest BCUT2D eigenvalue weighted by Gasteiger charge is -2.40. The predicted octanol–water partition coefficient (Wildman–Crippen LogP) is 2.58. The highest BCUT2D eigenvalue weighted by Gasteiger charge is 2.49. The van der Waals surface area contributed by atoms with E-state index in [1.807, 2.05) is 74.5 Å². The maximum Gasteiger partial charge on any atom is 0.317 e. The van der Waals surface area contributed by atoms with Crippen molar-refractivity contribution in [1.29, 1.82) is 0 Å². The first-order chi connectivity index (χ1) is 21.7. The van der Waals surface area contributed by atoms with Gasteiger partial charge in [0.05, 0.1) is 6.61 Å². The minimum absolute atomic E-state index is 0.0129. The third-order valence-corrected chi connectivity index (χ3v) is 7.92. The van der Waals surface area contributed by atoms with E-state index in [1.165, 1.54) is 7.11 Å². The van der Waals surface area contributed by atoms with Gasteiger partial charge < -0.3 is 40.0 Å². The fourth-order valence-electron chi connectivity index (χ4n) is 5.70. The van der Waals surface area contributed by atoms with Gasteiger partial charge in [-0.1, -0.05) is 72.8 Å². The summed E-state index contributed by atoms with van der Waals surface area (Å²) in [5.74, 6) is -0.548. The van der Waals surface area contributed by atoms with Gasteiger partial charge in [0.15, 0.2) is 5.60 Å². The van der Waals surface area contributed by atoms with Crippen LogP contribution in [0.3, 0.4) is 0 Å². The molecule has 236 valence electrons. The Morgan fingerprint density at radius 3 is 1.93 bits per heavy atom. The van der Waals surface area contributed by atoms with Gasteiger partial charge in [-0.25, -0.2) is 9.97 Å². The van der Waals surface area contributed by atoms with Gasteiger partial charge in [-0.05, 0) is 48.7 Å². The van der Waals surface area contributed by atoms with E-state index in [2.05, 4.69) is 15.3 Å². The standard InChI is InChI=1S/C34H37N3O8/c1-20-18-21(2)36-33(35-20)45-31(34(43-3,23-10-6-4-7-11-23)24-12-8-5-9-13-24)32(42)37-25-16-14-22(15-17-25)30-29(41)28(40)27(39)26(19-38)44-30/h4-18,26-31,38-41H,19H2,1-3H3,(H,37,42)/t26-,27-,28+,29?,30+,31+/m1/s1. The molecule has 0 spiro atoms. The van der Waals surface area contributed by atoms with Crippen molar-refractivity contribution in [3.05, 3.63) is 119 Å². The van der Waals surface area contributed by atoms with Crippen molar-refractivity contribution in [3.8, 4) is 6.01 Å².